The van der Waals surface area contributed by atoms with E-state index in [1.54, 1.807) is 0 Å². The third-order valence-corrected chi connectivity index (χ3v) is 1.92. The van der Waals surface area contributed by atoms with Gasteiger partial charge < -0.3 is 4.74 Å². The molecule has 0 aliphatic heterocycles. The predicted octanol–water partition coefficient (Wildman–Crippen LogP) is 3.31. The highest BCUT2D eigenvalue weighted by molar-refractivity contribution is 7.80. The van der Waals surface area contributed by atoms with Crippen molar-refractivity contribution in [3.63, 3.8) is 0 Å². The van der Waals surface area contributed by atoms with E-state index >= 15 is 0 Å². The van der Waals surface area contributed by atoms with E-state index in [2.05, 4.69) is 22.5 Å². The number of hydrogen-bond donors (Lipinski definition) is 1. The number of thiol groups is 1. The smallest absolute Gasteiger partial charge is 0.422 e. The van der Waals surface area contributed by atoms with E-state index in [0.717, 1.165) is 0 Å². The molecule has 1 aromatic rings. The van der Waals surface area contributed by atoms with Crippen molar-refractivity contribution in [2.24, 2.45) is 5.18 Å². The minimum Gasteiger partial charge on any atom is -0.483 e. The third kappa shape index (κ3) is 3.43. The molecule has 1 aromatic carbocycles. The zero-order chi connectivity index (χ0) is 11.5. The SMILES string of the molecule is O=Nc1cccc(OCC(F)(F)F)c1S. The van der Waals surface area contributed by atoms with Crippen molar-refractivity contribution in [2.45, 2.75) is 11.1 Å². The summed E-state index contributed by atoms with van der Waals surface area (Å²) in [5, 5.41) is 2.59. The van der Waals surface area contributed by atoms with Crippen LogP contribution in [-0.2, 0) is 0 Å². The van der Waals surface area contributed by atoms with Crippen molar-refractivity contribution >= 4 is 18.3 Å². The van der Waals surface area contributed by atoms with Crippen LogP contribution in [-0.4, -0.2) is 12.8 Å². The molecule has 0 saturated carbocycles. The minimum atomic E-state index is -4.43. The van der Waals surface area contributed by atoms with Gasteiger partial charge in [-0.15, -0.1) is 17.5 Å². The van der Waals surface area contributed by atoms with E-state index in [4.69, 9.17) is 0 Å². The number of nitrogens with zero attached hydrogens (tertiary/aromatic N) is 1. The van der Waals surface area contributed by atoms with Crippen LogP contribution < -0.4 is 4.74 Å². The zero-order valence-electron chi connectivity index (χ0n) is 7.28. The molecule has 0 aliphatic rings. The van der Waals surface area contributed by atoms with E-state index in [9.17, 15) is 18.1 Å². The fraction of sp³-hybridized carbons (Fsp3) is 0.250. The molecule has 0 saturated heterocycles. The van der Waals surface area contributed by atoms with Gasteiger partial charge in [0.05, 0.1) is 4.90 Å². The Morgan fingerprint density at radius 3 is 2.60 bits per heavy atom. The zero-order valence-corrected chi connectivity index (χ0v) is 8.18. The van der Waals surface area contributed by atoms with Crippen LogP contribution in [0.4, 0.5) is 18.9 Å². The van der Waals surface area contributed by atoms with E-state index in [-0.39, 0.29) is 16.3 Å². The van der Waals surface area contributed by atoms with Crippen LogP contribution >= 0.6 is 12.6 Å². The second-order valence-corrected chi connectivity index (χ2v) is 3.07. The van der Waals surface area contributed by atoms with Crippen molar-refractivity contribution in [1.29, 1.82) is 0 Å². The van der Waals surface area contributed by atoms with Gasteiger partial charge in [0.25, 0.3) is 0 Å². The van der Waals surface area contributed by atoms with Gasteiger partial charge in [-0.1, -0.05) is 6.07 Å². The number of nitroso groups, excluding NO2 is 1. The first-order valence-corrected chi connectivity index (χ1v) is 4.23. The highest BCUT2D eigenvalue weighted by Gasteiger charge is 2.28. The van der Waals surface area contributed by atoms with Crippen LogP contribution in [0, 0.1) is 4.91 Å². The van der Waals surface area contributed by atoms with E-state index in [1.165, 1.54) is 18.2 Å². The maximum Gasteiger partial charge on any atom is 0.422 e. The van der Waals surface area contributed by atoms with Gasteiger partial charge >= 0.3 is 6.18 Å². The van der Waals surface area contributed by atoms with Crippen molar-refractivity contribution in [2.75, 3.05) is 6.61 Å². The summed E-state index contributed by atoms with van der Waals surface area (Å²) in [5.74, 6) is -0.118. The van der Waals surface area contributed by atoms with Crippen LogP contribution in [0.2, 0.25) is 0 Å². The Labute approximate surface area is 88.6 Å². The molecule has 1 rings (SSSR count). The normalized spacial score (nSPS) is 11.2. The Morgan fingerprint density at radius 1 is 1.40 bits per heavy atom. The number of halogens is 3. The molecule has 0 fully saturated rings. The van der Waals surface area contributed by atoms with Crippen molar-refractivity contribution in [3.8, 4) is 5.75 Å². The number of alkyl halides is 3. The first kappa shape index (κ1) is 11.8. The standard InChI is InChI=1S/C8H6F3NO2S/c9-8(10,11)4-14-6-3-1-2-5(12-13)7(6)15/h1-3,15H,4H2. The molecule has 0 bridgehead atoms. The van der Waals surface area contributed by atoms with Gasteiger partial charge in [-0.05, 0) is 17.3 Å². The molecule has 0 atom stereocenters. The second-order valence-electron chi connectivity index (χ2n) is 2.62. The van der Waals surface area contributed by atoms with Gasteiger partial charge in [0, 0.05) is 0 Å². The van der Waals surface area contributed by atoms with Gasteiger partial charge in [0.15, 0.2) is 6.61 Å². The average molecular weight is 237 g/mol. The Balaban J connectivity index is 2.82. The molecule has 0 radical (unpaired) electrons. The summed E-state index contributed by atoms with van der Waals surface area (Å²) in [6.07, 6.45) is -4.43. The lowest BCUT2D eigenvalue weighted by Crippen LogP contribution is -2.19. The Bertz CT molecular complexity index is 367. The highest BCUT2D eigenvalue weighted by atomic mass is 32.1. The molecular formula is C8H6F3NO2S. The molecule has 0 spiro atoms. The highest BCUT2D eigenvalue weighted by Crippen LogP contribution is 2.32. The topological polar surface area (TPSA) is 38.7 Å². The summed E-state index contributed by atoms with van der Waals surface area (Å²) in [4.78, 5) is 10.2. The number of rotatable bonds is 3. The number of benzene rings is 1. The number of ether oxygens (including phenoxy) is 1. The van der Waals surface area contributed by atoms with Crippen LogP contribution in [0.15, 0.2) is 28.3 Å². The predicted molar refractivity (Wildman–Crippen MR) is 50.7 cm³/mol. The second kappa shape index (κ2) is 4.52. The third-order valence-electron chi connectivity index (χ3n) is 1.47. The molecule has 0 heterocycles. The molecule has 82 valence electrons. The first-order chi connectivity index (χ1) is 6.94. The van der Waals surface area contributed by atoms with Gasteiger partial charge in [-0.25, -0.2) is 0 Å². The molecule has 0 N–H and O–H groups in total. The Kier molecular flexibility index (Phi) is 3.57. The van der Waals surface area contributed by atoms with E-state index < -0.39 is 12.8 Å². The molecule has 7 heteroatoms. The lowest BCUT2D eigenvalue weighted by atomic mass is 10.3. The maximum absolute atomic E-state index is 11.8. The molecule has 0 unspecified atom stereocenters. The molecular weight excluding hydrogens is 231 g/mol. The summed E-state index contributed by atoms with van der Waals surface area (Å²) in [6, 6.07) is 3.97. The number of hydrogen-bond acceptors (Lipinski definition) is 4. The lowest BCUT2D eigenvalue weighted by molar-refractivity contribution is -0.153. The largest absolute Gasteiger partial charge is 0.483 e. The van der Waals surface area contributed by atoms with Crippen molar-refractivity contribution < 1.29 is 17.9 Å². The van der Waals surface area contributed by atoms with Crippen LogP contribution in [0.1, 0.15) is 0 Å². The molecule has 0 amide bonds. The maximum atomic E-state index is 11.8. The van der Waals surface area contributed by atoms with Gasteiger partial charge in [-0.2, -0.15) is 13.2 Å². The molecule has 15 heavy (non-hydrogen) atoms. The quantitative estimate of drug-likeness (QED) is 0.647. The van der Waals surface area contributed by atoms with Gasteiger partial charge in [0.1, 0.15) is 11.4 Å². The first-order valence-electron chi connectivity index (χ1n) is 3.79. The van der Waals surface area contributed by atoms with Crippen LogP contribution in [0.3, 0.4) is 0 Å². The van der Waals surface area contributed by atoms with Crippen LogP contribution in [0.25, 0.3) is 0 Å². The van der Waals surface area contributed by atoms with E-state index in [0.29, 0.717) is 0 Å². The van der Waals surface area contributed by atoms with Crippen molar-refractivity contribution in [1.82, 2.24) is 0 Å². The Morgan fingerprint density at radius 2 is 2.07 bits per heavy atom. The minimum absolute atomic E-state index is 0.00301. The van der Waals surface area contributed by atoms with Gasteiger partial charge in [-0.3, -0.25) is 0 Å². The monoisotopic (exact) mass is 237 g/mol. The molecule has 0 aromatic heterocycles. The summed E-state index contributed by atoms with van der Waals surface area (Å²) in [5.41, 5.74) is -0.0574. The van der Waals surface area contributed by atoms with Crippen molar-refractivity contribution in [3.05, 3.63) is 23.1 Å². The Hall–Kier alpha value is -1.24. The summed E-state index contributed by atoms with van der Waals surface area (Å²) >= 11 is 3.84. The fourth-order valence-electron chi connectivity index (χ4n) is 0.860. The molecule has 0 aliphatic carbocycles. The summed E-state index contributed by atoms with van der Waals surface area (Å²) in [6.45, 7) is -1.43. The fourth-order valence-corrected chi connectivity index (χ4v) is 1.11. The summed E-state index contributed by atoms with van der Waals surface area (Å²) in [7, 11) is 0. The van der Waals surface area contributed by atoms with Gasteiger partial charge in [0.2, 0.25) is 0 Å². The molecule has 3 nitrogen and oxygen atoms in total. The van der Waals surface area contributed by atoms with Crippen LogP contribution in [0.5, 0.6) is 5.75 Å². The summed E-state index contributed by atoms with van der Waals surface area (Å²) < 4.78 is 39.9. The van der Waals surface area contributed by atoms with E-state index in [1.807, 2.05) is 0 Å². The lowest BCUT2D eigenvalue weighted by Gasteiger charge is -2.10. The average Bonchev–Trinajstić information content (AvgIpc) is 2.15.